The Balaban J connectivity index is 1.96. The SMILES string of the molecule is COc1cccc2sc3nc(-c4ccc(Cl)cc4)cn3c12. The van der Waals surface area contributed by atoms with Gasteiger partial charge in [0.25, 0.3) is 0 Å². The largest absolute Gasteiger partial charge is 0.495 e. The van der Waals surface area contributed by atoms with E-state index in [9.17, 15) is 0 Å². The van der Waals surface area contributed by atoms with Gasteiger partial charge in [-0.2, -0.15) is 0 Å². The molecule has 0 fully saturated rings. The lowest BCUT2D eigenvalue weighted by Gasteiger charge is -2.01. The summed E-state index contributed by atoms with van der Waals surface area (Å²) >= 11 is 7.59. The first-order valence-corrected chi connectivity index (χ1v) is 7.66. The minimum absolute atomic E-state index is 0.729. The number of halogens is 1. The fourth-order valence-corrected chi connectivity index (χ4v) is 3.59. The van der Waals surface area contributed by atoms with Crippen LogP contribution in [0, 0.1) is 0 Å². The number of para-hydroxylation sites is 1. The lowest BCUT2D eigenvalue weighted by molar-refractivity contribution is 0.418. The molecule has 4 aromatic rings. The fourth-order valence-electron chi connectivity index (χ4n) is 2.44. The summed E-state index contributed by atoms with van der Waals surface area (Å²) in [6, 6.07) is 13.8. The van der Waals surface area contributed by atoms with E-state index in [0.29, 0.717) is 0 Å². The normalized spacial score (nSPS) is 11.3. The van der Waals surface area contributed by atoms with E-state index in [2.05, 4.69) is 10.5 Å². The molecule has 0 atom stereocenters. The van der Waals surface area contributed by atoms with E-state index in [1.54, 1.807) is 18.4 Å². The van der Waals surface area contributed by atoms with Crippen LogP contribution in [0.1, 0.15) is 0 Å². The molecule has 4 rings (SSSR count). The van der Waals surface area contributed by atoms with Crippen LogP contribution in [-0.2, 0) is 0 Å². The van der Waals surface area contributed by atoms with Gasteiger partial charge in [-0.3, -0.25) is 4.40 Å². The first-order chi connectivity index (χ1) is 10.3. The van der Waals surface area contributed by atoms with E-state index in [4.69, 9.17) is 21.3 Å². The van der Waals surface area contributed by atoms with Crippen LogP contribution in [0.25, 0.3) is 26.4 Å². The van der Waals surface area contributed by atoms with Gasteiger partial charge in [0.1, 0.15) is 11.3 Å². The summed E-state index contributed by atoms with van der Waals surface area (Å²) in [5, 5.41) is 0.729. The van der Waals surface area contributed by atoms with Crippen molar-refractivity contribution in [2.24, 2.45) is 0 Å². The molecule has 0 saturated heterocycles. The van der Waals surface area contributed by atoms with E-state index in [1.807, 2.05) is 42.6 Å². The Hall–Kier alpha value is -2.04. The highest BCUT2D eigenvalue weighted by Gasteiger charge is 2.13. The third-order valence-electron chi connectivity index (χ3n) is 3.44. The molecule has 104 valence electrons. The summed E-state index contributed by atoms with van der Waals surface area (Å²) in [7, 11) is 1.69. The van der Waals surface area contributed by atoms with Crippen LogP contribution < -0.4 is 4.74 Å². The average molecular weight is 315 g/mol. The Kier molecular flexibility index (Phi) is 2.87. The maximum atomic E-state index is 5.93. The van der Waals surface area contributed by atoms with Crippen molar-refractivity contribution in [3.63, 3.8) is 0 Å². The van der Waals surface area contributed by atoms with Crippen LogP contribution in [-0.4, -0.2) is 16.5 Å². The van der Waals surface area contributed by atoms with Crippen molar-refractivity contribution < 1.29 is 4.74 Å². The second kappa shape index (κ2) is 4.76. The monoisotopic (exact) mass is 314 g/mol. The van der Waals surface area contributed by atoms with Gasteiger partial charge in [0.15, 0.2) is 4.96 Å². The van der Waals surface area contributed by atoms with Crippen LogP contribution in [0.4, 0.5) is 0 Å². The highest BCUT2D eigenvalue weighted by molar-refractivity contribution is 7.23. The van der Waals surface area contributed by atoms with Gasteiger partial charge in [-0.05, 0) is 24.3 Å². The van der Waals surface area contributed by atoms with E-state index < -0.39 is 0 Å². The van der Waals surface area contributed by atoms with Gasteiger partial charge in [-0.1, -0.05) is 41.1 Å². The highest BCUT2D eigenvalue weighted by Crippen LogP contribution is 2.34. The standard InChI is InChI=1S/C16H11ClN2OS/c1-20-13-3-2-4-14-15(13)19-9-12(18-16(19)21-14)10-5-7-11(17)8-6-10/h2-9H,1H3. The van der Waals surface area contributed by atoms with E-state index >= 15 is 0 Å². The van der Waals surface area contributed by atoms with Crippen molar-refractivity contribution in [2.45, 2.75) is 0 Å². The second-order valence-corrected chi connectivity index (χ2v) is 6.14. The van der Waals surface area contributed by atoms with Crippen LogP contribution in [0.5, 0.6) is 5.75 Å². The van der Waals surface area contributed by atoms with E-state index in [1.165, 1.54) is 4.70 Å². The molecule has 21 heavy (non-hydrogen) atoms. The Labute approximate surface area is 130 Å². The van der Waals surface area contributed by atoms with Gasteiger partial charge in [0.05, 0.1) is 17.5 Å². The Morgan fingerprint density at radius 3 is 2.71 bits per heavy atom. The first kappa shape index (κ1) is 12.7. The zero-order valence-corrected chi connectivity index (χ0v) is 12.8. The second-order valence-electron chi connectivity index (χ2n) is 4.69. The van der Waals surface area contributed by atoms with Crippen molar-refractivity contribution in [2.75, 3.05) is 7.11 Å². The average Bonchev–Trinajstić information content (AvgIpc) is 3.05. The van der Waals surface area contributed by atoms with Gasteiger partial charge in [-0.25, -0.2) is 4.98 Å². The lowest BCUT2D eigenvalue weighted by atomic mass is 10.2. The van der Waals surface area contributed by atoms with E-state index in [-0.39, 0.29) is 0 Å². The third-order valence-corrected chi connectivity index (χ3v) is 4.71. The number of nitrogens with zero attached hydrogens (tertiary/aromatic N) is 2. The van der Waals surface area contributed by atoms with Crippen LogP contribution in [0.15, 0.2) is 48.7 Å². The van der Waals surface area contributed by atoms with Gasteiger partial charge >= 0.3 is 0 Å². The number of ether oxygens (including phenoxy) is 1. The van der Waals surface area contributed by atoms with Crippen LogP contribution in [0.3, 0.4) is 0 Å². The van der Waals surface area contributed by atoms with Gasteiger partial charge in [0.2, 0.25) is 0 Å². The molecule has 0 aliphatic heterocycles. The fraction of sp³-hybridized carbons (Fsp3) is 0.0625. The van der Waals surface area contributed by atoms with Gasteiger partial charge in [-0.15, -0.1) is 0 Å². The zero-order chi connectivity index (χ0) is 14.4. The zero-order valence-electron chi connectivity index (χ0n) is 11.2. The molecule has 0 bridgehead atoms. The van der Waals surface area contributed by atoms with Crippen molar-refractivity contribution in [1.82, 2.24) is 9.38 Å². The van der Waals surface area contributed by atoms with Crippen LogP contribution >= 0.6 is 22.9 Å². The maximum Gasteiger partial charge on any atom is 0.195 e. The molecule has 0 unspecified atom stereocenters. The topological polar surface area (TPSA) is 26.5 Å². The number of aromatic nitrogens is 2. The molecule has 0 aliphatic rings. The predicted octanol–water partition coefficient (Wildman–Crippen LogP) is 4.88. The summed E-state index contributed by atoms with van der Waals surface area (Å²) in [5.41, 5.74) is 3.05. The number of hydrogen-bond donors (Lipinski definition) is 0. The van der Waals surface area contributed by atoms with Crippen molar-refractivity contribution in [3.05, 3.63) is 53.7 Å². The molecule has 2 aromatic heterocycles. The number of fused-ring (bicyclic) bond motifs is 3. The summed E-state index contributed by atoms with van der Waals surface area (Å²) < 4.78 is 8.72. The number of rotatable bonds is 2. The van der Waals surface area contributed by atoms with E-state index in [0.717, 1.165) is 32.5 Å². The molecule has 3 nitrogen and oxygen atoms in total. The van der Waals surface area contributed by atoms with Crippen molar-refractivity contribution in [1.29, 1.82) is 0 Å². The summed E-state index contributed by atoms with van der Waals surface area (Å²) in [5.74, 6) is 0.860. The minimum Gasteiger partial charge on any atom is -0.495 e. The minimum atomic E-state index is 0.729. The van der Waals surface area contributed by atoms with Crippen LogP contribution in [0.2, 0.25) is 5.02 Å². The Morgan fingerprint density at radius 1 is 1.14 bits per heavy atom. The maximum absolute atomic E-state index is 5.93. The lowest BCUT2D eigenvalue weighted by Crippen LogP contribution is -1.86. The molecule has 0 radical (unpaired) electrons. The molecule has 5 heteroatoms. The first-order valence-electron chi connectivity index (χ1n) is 6.47. The molecule has 2 heterocycles. The third kappa shape index (κ3) is 1.99. The number of benzene rings is 2. The van der Waals surface area contributed by atoms with Gasteiger partial charge in [0, 0.05) is 16.8 Å². The molecule has 2 aromatic carbocycles. The molecule has 0 saturated carbocycles. The molecular weight excluding hydrogens is 304 g/mol. The van der Waals surface area contributed by atoms with Crippen molar-refractivity contribution >= 4 is 38.1 Å². The highest BCUT2D eigenvalue weighted by atomic mass is 35.5. The Bertz CT molecular complexity index is 940. The predicted molar refractivity (Wildman–Crippen MR) is 87.6 cm³/mol. The number of hydrogen-bond acceptors (Lipinski definition) is 3. The smallest absolute Gasteiger partial charge is 0.195 e. The Morgan fingerprint density at radius 2 is 1.95 bits per heavy atom. The van der Waals surface area contributed by atoms with Crippen molar-refractivity contribution in [3.8, 4) is 17.0 Å². The number of imidazole rings is 1. The molecule has 0 aliphatic carbocycles. The molecule has 0 spiro atoms. The molecule has 0 N–H and O–H groups in total. The quantitative estimate of drug-likeness (QED) is 0.527. The summed E-state index contributed by atoms with van der Waals surface area (Å²) in [6.45, 7) is 0. The number of methoxy groups -OCH3 is 1. The molecule has 0 amide bonds. The number of thiazole rings is 1. The molecular formula is C16H11ClN2OS. The summed E-state index contributed by atoms with van der Waals surface area (Å²) in [6.07, 6.45) is 2.04. The van der Waals surface area contributed by atoms with Gasteiger partial charge < -0.3 is 4.74 Å². The summed E-state index contributed by atoms with van der Waals surface area (Å²) in [4.78, 5) is 5.67.